The third-order valence-electron chi connectivity index (χ3n) is 4.07. The van der Waals surface area contributed by atoms with E-state index in [9.17, 15) is 9.59 Å². The van der Waals surface area contributed by atoms with Gasteiger partial charge in [0.1, 0.15) is 0 Å². The van der Waals surface area contributed by atoms with E-state index >= 15 is 0 Å². The van der Waals surface area contributed by atoms with E-state index in [2.05, 4.69) is 0 Å². The summed E-state index contributed by atoms with van der Waals surface area (Å²) in [5, 5.41) is 1.09. The molecule has 0 fully saturated rings. The molecule has 0 N–H and O–H groups in total. The van der Waals surface area contributed by atoms with Crippen molar-refractivity contribution in [1.29, 1.82) is 0 Å². The smallest absolute Gasteiger partial charge is 0.253 e. The average Bonchev–Trinajstić information content (AvgIpc) is 2.63. The summed E-state index contributed by atoms with van der Waals surface area (Å²) >= 11 is 11.9. The van der Waals surface area contributed by atoms with Gasteiger partial charge in [0.05, 0.1) is 0 Å². The Morgan fingerprint density at radius 2 is 1.15 bits per heavy atom. The Labute approximate surface area is 164 Å². The third-order valence-corrected chi connectivity index (χ3v) is 4.54. The molecule has 2 rings (SSSR count). The monoisotopic (exact) mass is 392 g/mol. The maximum Gasteiger partial charge on any atom is 0.253 e. The molecule has 6 heteroatoms. The van der Waals surface area contributed by atoms with Crippen LogP contribution in [0.2, 0.25) is 10.0 Å². The zero-order valence-corrected chi connectivity index (χ0v) is 16.4. The van der Waals surface area contributed by atoms with Gasteiger partial charge in [0, 0.05) is 48.4 Å². The molecule has 2 aromatic rings. The minimum atomic E-state index is -0.0594. The number of carbonyl (C=O) groups excluding carboxylic acids is 2. The topological polar surface area (TPSA) is 40.6 Å². The highest BCUT2D eigenvalue weighted by atomic mass is 35.5. The van der Waals surface area contributed by atoms with Gasteiger partial charge in [0.2, 0.25) is 0 Å². The van der Waals surface area contributed by atoms with E-state index in [1.165, 1.54) is 0 Å². The number of amides is 2. The van der Waals surface area contributed by atoms with Crippen molar-refractivity contribution in [2.75, 3.05) is 27.2 Å². The number of benzene rings is 2. The molecule has 2 aromatic carbocycles. The van der Waals surface area contributed by atoms with Gasteiger partial charge >= 0.3 is 0 Å². The molecule has 0 unspecified atom stereocenters. The zero-order chi connectivity index (χ0) is 19.1. The van der Waals surface area contributed by atoms with Crippen LogP contribution in [0.15, 0.2) is 48.5 Å². The highest BCUT2D eigenvalue weighted by molar-refractivity contribution is 6.31. The van der Waals surface area contributed by atoms with Crippen molar-refractivity contribution in [2.24, 2.45) is 0 Å². The highest BCUT2D eigenvalue weighted by Crippen LogP contribution is 2.14. The lowest BCUT2D eigenvalue weighted by atomic mass is 10.2. The van der Waals surface area contributed by atoms with Gasteiger partial charge in [-0.3, -0.25) is 9.59 Å². The van der Waals surface area contributed by atoms with Gasteiger partial charge in [-0.25, -0.2) is 0 Å². The summed E-state index contributed by atoms with van der Waals surface area (Å²) in [5.41, 5.74) is 1.15. The lowest BCUT2D eigenvalue weighted by Crippen LogP contribution is -2.30. The van der Waals surface area contributed by atoms with Gasteiger partial charge in [-0.2, -0.15) is 0 Å². The fourth-order valence-electron chi connectivity index (χ4n) is 2.58. The van der Waals surface area contributed by atoms with E-state index in [1.54, 1.807) is 72.4 Å². The fraction of sp³-hybridized carbons (Fsp3) is 0.300. The van der Waals surface area contributed by atoms with Crippen molar-refractivity contribution >= 4 is 35.0 Å². The van der Waals surface area contributed by atoms with Crippen molar-refractivity contribution in [2.45, 2.75) is 12.8 Å². The predicted octanol–water partition coefficient (Wildman–Crippen LogP) is 4.62. The zero-order valence-electron chi connectivity index (χ0n) is 14.9. The Bertz CT molecular complexity index is 714. The molecule has 0 aliphatic carbocycles. The molecular formula is C20H22Cl2N2O2. The quantitative estimate of drug-likeness (QED) is 0.645. The second-order valence-corrected chi connectivity index (χ2v) is 7.05. The van der Waals surface area contributed by atoms with Gasteiger partial charge in [-0.1, -0.05) is 35.3 Å². The van der Waals surface area contributed by atoms with Crippen molar-refractivity contribution < 1.29 is 9.59 Å². The molecule has 0 spiro atoms. The predicted molar refractivity (Wildman–Crippen MR) is 106 cm³/mol. The number of carbonyl (C=O) groups is 2. The normalized spacial score (nSPS) is 10.5. The van der Waals surface area contributed by atoms with E-state index < -0.39 is 0 Å². The van der Waals surface area contributed by atoms with E-state index in [0.717, 1.165) is 12.8 Å². The lowest BCUT2D eigenvalue weighted by molar-refractivity contribution is 0.0766. The molecule has 0 aliphatic rings. The van der Waals surface area contributed by atoms with Crippen LogP contribution in [0, 0.1) is 0 Å². The Hall–Kier alpha value is -2.04. The summed E-state index contributed by atoms with van der Waals surface area (Å²) < 4.78 is 0. The summed E-state index contributed by atoms with van der Waals surface area (Å²) in [5.74, 6) is -0.119. The van der Waals surface area contributed by atoms with Crippen molar-refractivity contribution in [3.8, 4) is 0 Å². The molecule has 138 valence electrons. The molecule has 0 saturated carbocycles. The SMILES string of the molecule is CN(CCCCN(C)C(=O)c1cccc(Cl)c1)C(=O)c1cccc(Cl)c1. The number of halogens is 2. The first-order chi connectivity index (χ1) is 12.4. The number of unbranched alkanes of at least 4 members (excludes halogenated alkanes) is 1. The van der Waals surface area contributed by atoms with E-state index in [0.29, 0.717) is 34.3 Å². The van der Waals surface area contributed by atoms with E-state index in [4.69, 9.17) is 23.2 Å². The molecule has 0 aromatic heterocycles. The summed E-state index contributed by atoms with van der Waals surface area (Å²) in [6.07, 6.45) is 1.60. The lowest BCUT2D eigenvalue weighted by Gasteiger charge is -2.20. The summed E-state index contributed by atoms with van der Waals surface area (Å²) in [6.45, 7) is 1.23. The minimum absolute atomic E-state index is 0.0594. The number of hydrogen-bond acceptors (Lipinski definition) is 2. The summed E-state index contributed by atoms with van der Waals surface area (Å²) in [6, 6.07) is 13.8. The molecule has 0 atom stereocenters. The minimum Gasteiger partial charge on any atom is -0.342 e. The number of rotatable bonds is 7. The van der Waals surface area contributed by atoms with Gasteiger partial charge in [-0.15, -0.1) is 0 Å². The number of hydrogen-bond donors (Lipinski definition) is 0. The maximum absolute atomic E-state index is 12.3. The average molecular weight is 393 g/mol. The Morgan fingerprint density at radius 3 is 1.50 bits per heavy atom. The third kappa shape index (κ3) is 5.75. The van der Waals surface area contributed by atoms with E-state index in [1.807, 2.05) is 0 Å². The largest absolute Gasteiger partial charge is 0.342 e. The summed E-state index contributed by atoms with van der Waals surface area (Å²) in [7, 11) is 3.54. The first-order valence-electron chi connectivity index (χ1n) is 8.40. The standard InChI is InChI=1S/C20H22Cl2N2O2/c1-23(19(25)15-7-5-9-17(21)13-15)11-3-4-12-24(2)20(26)16-8-6-10-18(22)14-16/h5-10,13-14H,3-4,11-12H2,1-2H3. The molecule has 26 heavy (non-hydrogen) atoms. The van der Waals surface area contributed by atoms with Gasteiger partial charge in [-0.05, 0) is 49.2 Å². The van der Waals surface area contributed by atoms with Crippen molar-refractivity contribution in [3.05, 3.63) is 69.7 Å². The molecule has 0 heterocycles. The van der Waals surface area contributed by atoms with Crippen molar-refractivity contribution in [3.63, 3.8) is 0 Å². The number of nitrogens with zero attached hydrogens (tertiary/aromatic N) is 2. The van der Waals surface area contributed by atoms with Crippen LogP contribution in [0.1, 0.15) is 33.6 Å². The van der Waals surface area contributed by atoms with Crippen LogP contribution in [0.5, 0.6) is 0 Å². The molecule has 4 nitrogen and oxygen atoms in total. The Balaban J connectivity index is 1.77. The van der Waals surface area contributed by atoms with Gasteiger partial charge in [0.25, 0.3) is 11.8 Å². The van der Waals surface area contributed by atoms with Crippen LogP contribution in [0.3, 0.4) is 0 Å². The molecule has 0 saturated heterocycles. The molecule has 0 aliphatic heterocycles. The van der Waals surface area contributed by atoms with Crippen LogP contribution in [0.4, 0.5) is 0 Å². The van der Waals surface area contributed by atoms with Crippen LogP contribution in [-0.2, 0) is 0 Å². The second-order valence-electron chi connectivity index (χ2n) is 6.18. The molecule has 2 amide bonds. The molecule has 0 bridgehead atoms. The van der Waals surface area contributed by atoms with Crippen LogP contribution in [-0.4, -0.2) is 48.8 Å². The maximum atomic E-state index is 12.3. The van der Waals surface area contributed by atoms with E-state index in [-0.39, 0.29) is 11.8 Å². The van der Waals surface area contributed by atoms with Crippen LogP contribution in [0.25, 0.3) is 0 Å². The first kappa shape index (κ1) is 20.3. The Kier molecular flexibility index (Phi) is 7.49. The van der Waals surface area contributed by atoms with Gasteiger partial charge < -0.3 is 9.80 Å². The van der Waals surface area contributed by atoms with Crippen LogP contribution < -0.4 is 0 Å². The second kappa shape index (κ2) is 9.60. The first-order valence-corrected chi connectivity index (χ1v) is 9.16. The Morgan fingerprint density at radius 1 is 0.769 bits per heavy atom. The molecule has 0 radical (unpaired) electrons. The summed E-state index contributed by atoms with van der Waals surface area (Å²) in [4.78, 5) is 28.0. The molecular weight excluding hydrogens is 371 g/mol. The van der Waals surface area contributed by atoms with Gasteiger partial charge in [0.15, 0.2) is 0 Å². The highest BCUT2D eigenvalue weighted by Gasteiger charge is 2.13. The van der Waals surface area contributed by atoms with Crippen LogP contribution >= 0.6 is 23.2 Å². The van der Waals surface area contributed by atoms with Crippen molar-refractivity contribution in [1.82, 2.24) is 9.80 Å². The fourth-order valence-corrected chi connectivity index (χ4v) is 2.97.